The van der Waals surface area contributed by atoms with Crippen molar-refractivity contribution in [2.24, 2.45) is 0 Å². The molecule has 0 saturated carbocycles. The number of rotatable bonds is 0. The van der Waals surface area contributed by atoms with Crippen LogP contribution in [0.2, 0.25) is 0 Å². The topological polar surface area (TPSA) is 0 Å². The maximum absolute atomic E-state index is 6.91. The fourth-order valence-corrected chi connectivity index (χ4v) is 0. The van der Waals surface area contributed by atoms with Gasteiger partial charge in [0.2, 0.25) is 0 Å². The molecular weight excluding hydrogens is 72.1 g/mol. The molecule has 0 aliphatic heterocycles. The van der Waals surface area contributed by atoms with Crippen molar-refractivity contribution in [2.45, 2.75) is 20.8 Å². The fraction of sp³-hybridized carbons (Fsp3) is 0.500. The molecule has 0 fully saturated rings. The van der Waals surface area contributed by atoms with Crippen LogP contribution in [-0.2, 0) is 0 Å². The van der Waals surface area contributed by atoms with E-state index in [1.807, 2.05) is 13.8 Å². The minimum atomic E-state index is 0.676. The van der Waals surface area contributed by atoms with Crippen LogP contribution < -0.4 is 0 Å². The molecule has 0 aliphatic rings. The molecule has 0 unspecified atom stereocenters. The van der Waals surface area contributed by atoms with Crippen molar-refractivity contribution in [3.05, 3.63) is 18.1 Å². The van der Waals surface area contributed by atoms with E-state index < -0.39 is 0 Å². The van der Waals surface area contributed by atoms with E-state index in [1.54, 1.807) is 6.92 Å². The molecule has 0 atom stereocenters. The van der Waals surface area contributed by atoms with Gasteiger partial charge >= 0.3 is 0 Å². The zero-order valence-corrected chi connectivity index (χ0v) is 4.50. The molecule has 0 amide bonds. The van der Waals surface area contributed by atoms with E-state index in [0.717, 1.165) is 5.57 Å². The van der Waals surface area contributed by atoms with Gasteiger partial charge in [0.25, 0.3) is 0 Å². The molecule has 0 nitrogen and oxygen atoms in total. The van der Waals surface area contributed by atoms with Crippen molar-refractivity contribution < 1.29 is 0 Å². The van der Waals surface area contributed by atoms with Crippen molar-refractivity contribution in [1.82, 2.24) is 0 Å². The van der Waals surface area contributed by atoms with Crippen LogP contribution in [0.3, 0.4) is 0 Å². The number of allylic oxidation sites excluding steroid dienone is 2. The van der Waals surface area contributed by atoms with Crippen molar-refractivity contribution in [3.8, 4) is 0 Å². The maximum Gasteiger partial charge on any atom is 0.0247 e. The lowest BCUT2D eigenvalue weighted by Crippen LogP contribution is -1.67. The van der Waals surface area contributed by atoms with E-state index in [-0.39, 0.29) is 0 Å². The molecule has 0 heteroatoms. The van der Waals surface area contributed by atoms with Gasteiger partial charge in [-0.2, -0.15) is 0 Å². The standard InChI is InChI=1S/C6H9/c1-5(2)6(3)4/h1-3H3. The van der Waals surface area contributed by atoms with Crippen LogP contribution in [0, 0.1) is 6.92 Å². The third kappa shape index (κ3) is 2.01. The minimum absolute atomic E-state index is 0.676. The molecule has 0 aromatic heterocycles. The summed E-state index contributed by atoms with van der Waals surface area (Å²) in [5, 5.41) is 0. The molecular formula is C6H9. The van der Waals surface area contributed by atoms with Gasteiger partial charge in [-0.25, -0.2) is 0 Å². The molecule has 0 aromatic carbocycles. The summed E-state index contributed by atoms with van der Waals surface area (Å²) in [4.78, 5) is 0. The monoisotopic (exact) mass is 81.1 g/mol. The van der Waals surface area contributed by atoms with Crippen LogP contribution in [0.1, 0.15) is 20.8 Å². The predicted octanol–water partition coefficient (Wildman–Crippen LogP) is 1.93. The molecule has 33 valence electrons. The van der Waals surface area contributed by atoms with Crippen molar-refractivity contribution in [1.29, 1.82) is 0 Å². The van der Waals surface area contributed by atoms with Gasteiger partial charge < -0.3 is 0 Å². The van der Waals surface area contributed by atoms with Gasteiger partial charge in [-0.3, -0.25) is 0 Å². The maximum atomic E-state index is 6.91. The second kappa shape index (κ2) is 2.01. The van der Waals surface area contributed by atoms with Crippen LogP contribution in [-0.4, -0.2) is 0 Å². The summed E-state index contributed by atoms with van der Waals surface area (Å²) in [6.45, 7) is 12.6. The van der Waals surface area contributed by atoms with E-state index in [4.69, 9.17) is 6.92 Å². The van der Waals surface area contributed by atoms with Crippen LogP contribution in [0.25, 0.3) is 0 Å². The highest BCUT2D eigenvalue weighted by atomic mass is 13.8. The van der Waals surface area contributed by atoms with Gasteiger partial charge in [0.05, 0.1) is 0 Å². The zero-order valence-electron chi connectivity index (χ0n) is 4.50. The minimum Gasteiger partial charge on any atom is -0.0768 e. The van der Waals surface area contributed by atoms with E-state index in [1.165, 1.54) is 0 Å². The van der Waals surface area contributed by atoms with E-state index in [2.05, 4.69) is 0 Å². The Hall–Kier alpha value is -0.260. The molecule has 0 aliphatic carbocycles. The van der Waals surface area contributed by atoms with Gasteiger partial charge in [-0.15, -0.1) is 0 Å². The highest BCUT2D eigenvalue weighted by Crippen LogP contribution is 1.96. The Bertz CT molecular complexity index is 50.1. The molecule has 0 spiro atoms. The highest BCUT2D eigenvalue weighted by molar-refractivity contribution is 5.08. The second-order valence-electron chi connectivity index (χ2n) is 1.62. The first-order chi connectivity index (χ1) is 2.64. The summed E-state index contributed by atoms with van der Waals surface area (Å²) in [6.07, 6.45) is 0. The van der Waals surface area contributed by atoms with Crippen LogP contribution in [0.5, 0.6) is 0 Å². The summed E-state index contributed by atoms with van der Waals surface area (Å²) >= 11 is 0. The lowest BCUT2D eigenvalue weighted by atomic mass is 10.2. The molecule has 6 heavy (non-hydrogen) atoms. The summed E-state index contributed by atoms with van der Waals surface area (Å²) in [5.41, 5.74) is 1.77. The molecule has 3 radical (unpaired) electrons. The summed E-state index contributed by atoms with van der Waals surface area (Å²) in [5.74, 6) is 0. The Labute approximate surface area is 39.9 Å². The van der Waals surface area contributed by atoms with Gasteiger partial charge in [-0.1, -0.05) is 11.1 Å². The predicted molar refractivity (Wildman–Crippen MR) is 27.3 cm³/mol. The molecule has 0 bridgehead atoms. The molecule has 0 N–H and O–H groups in total. The molecule has 0 aromatic rings. The van der Waals surface area contributed by atoms with Crippen molar-refractivity contribution in [2.75, 3.05) is 0 Å². The first kappa shape index (κ1) is 5.74. The van der Waals surface area contributed by atoms with Gasteiger partial charge in [-0.05, 0) is 20.8 Å². The second-order valence-corrected chi connectivity index (χ2v) is 1.62. The highest BCUT2D eigenvalue weighted by Gasteiger charge is 1.76. The van der Waals surface area contributed by atoms with E-state index in [0.29, 0.717) is 5.57 Å². The van der Waals surface area contributed by atoms with Crippen molar-refractivity contribution >= 4 is 0 Å². The van der Waals surface area contributed by atoms with Gasteiger partial charge in [0.1, 0.15) is 0 Å². The third-order valence-corrected chi connectivity index (χ3v) is 0.750. The average molecular weight is 81.1 g/mol. The lowest BCUT2D eigenvalue weighted by Gasteiger charge is -1.87. The summed E-state index contributed by atoms with van der Waals surface area (Å²) in [6, 6.07) is 0. The van der Waals surface area contributed by atoms with Crippen LogP contribution in [0.15, 0.2) is 11.1 Å². The van der Waals surface area contributed by atoms with Crippen LogP contribution in [0.4, 0.5) is 0 Å². The Balaban J connectivity index is 3.68. The van der Waals surface area contributed by atoms with Gasteiger partial charge in [0.15, 0.2) is 0 Å². The largest absolute Gasteiger partial charge is 0.0768 e. The van der Waals surface area contributed by atoms with Crippen molar-refractivity contribution in [3.63, 3.8) is 0 Å². The number of hydrogen-bond donors (Lipinski definition) is 0. The first-order valence-electron chi connectivity index (χ1n) is 2.00. The molecule has 0 heterocycles. The summed E-state index contributed by atoms with van der Waals surface area (Å²) in [7, 11) is 0. The molecule has 0 rings (SSSR count). The number of hydrogen-bond acceptors (Lipinski definition) is 0. The lowest BCUT2D eigenvalue weighted by molar-refractivity contribution is 1.29. The smallest absolute Gasteiger partial charge is 0.0247 e. The Morgan fingerprint density at radius 3 is 1.33 bits per heavy atom. The quantitative estimate of drug-likeness (QED) is 0.418. The van der Waals surface area contributed by atoms with Gasteiger partial charge in [0, 0.05) is 6.92 Å². The molecule has 0 saturated heterocycles. The van der Waals surface area contributed by atoms with E-state index >= 15 is 0 Å². The van der Waals surface area contributed by atoms with E-state index in [9.17, 15) is 0 Å². The SMILES string of the molecule is [C]C(C)=C(C)C. The average Bonchev–Trinajstić information content (AvgIpc) is 1.36. The first-order valence-corrected chi connectivity index (χ1v) is 2.00. The van der Waals surface area contributed by atoms with Crippen LogP contribution >= 0.6 is 0 Å². The normalized spacial score (nSPS) is 8.00. The third-order valence-electron chi connectivity index (χ3n) is 0.750. The fourth-order valence-electron chi connectivity index (χ4n) is 0. The Morgan fingerprint density at radius 1 is 1.17 bits per heavy atom. The summed E-state index contributed by atoms with van der Waals surface area (Å²) < 4.78 is 0. The Morgan fingerprint density at radius 2 is 1.33 bits per heavy atom. The zero-order chi connectivity index (χ0) is 5.15. The Kier molecular flexibility index (Phi) is 1.93.